The highest BCUT2D eigenvalue weighted by Gasteiger charge is 2.14. The van der Waals surface area contributed by atoms with Crippen LogP contribution in [0.4, 0.5) is 5.69 Å². The highest BCUT2D eigenvalue weighted by atomic mass is 79.9. The van der Waals surface area contributed by atoms with E-state index in [0.29, 0.717) is 22.6 Å². The van der Waals surface area contributed by atoms with Gasteiger partial charge < -0.3 is 19.2 Å². The van der Waals surface area contributed by atoms with Gasteiger partial charge in [0.05, 0.1) is 19.6 Å². The summed E-state index contributed by atoms with van der Waals surface area (Å²) in [5.74, 6) is -0.574. The Morgan fingerprint density at radius 2 is 1.73 bits per heavy atom. The van der Waals surface area contributed by atoms with Crippen molar-refractivity contribution in [1.82, 2.24) is 5.43 Å². The van der Waals surface area contributed by atoms with Crippen LogP contribution in [0.5, 0.6) is 11.5 Å². The Labute approximate surface area is 220 Å². The molecular formula is C27H20BrN3O6. The molecule has 0 atom stereocenters. The fraction of sp³-hybridized carbons (Fsp3) is 0.0370. The van der Waals surface area contributed by atoms with Crippen molar-refractivity contribution in [1.29, 1.82) is 0 Å². The number of anilines is 1. The molecule has 0 aliphatic rings. The number of methoxy groups -OCH3 is 1. The zero-order valence-electron chi connectivity index (χ0n) is 19.4. The molecule has 0 bridgehead atoms. The van der Waals surface area contributed by atoms with Gasteiger partial charge in [0.15, 0.2) is 0 Å². The average Bonchev–Trinajstić information content (AvgIpc) is 3.46. The molecule has 0 radical (unpaired) electrons. The molecule has 10 heteroatoms. The van der Waals surface area contributed by atoms with Gasteiger partial charge in [0.25, 0.3) is 11.8 Å². The van der Waals surface area contributed by atoms with Crippen LogP contribution in [0.2, 0.25) is 0 Å². The third-order valence-electron chi connectivity index (χ3n) is 5.00. The SMILES string of the molecule is COc1ccc(C(=O)Nc2cccc(C(=O)NN=Cc3cc(Br)ccc3OC(=O)c3ccco3)c2)cc1. The number of ether oxygens (including phenoxy) is 2. The van der Waals surface area contributed by atoms with Crippen molar-refractivity contribution in [3.05, 3.63) is 112 Å². The summed E-state index contributed by atoms with van der Waals surface area (Å²) in [6.07, 6.45) is 2.72. The number of furan rings is 1. The average molecular weight is 562 g/mol. The fourth-order valence-corrected chi connectivity index (χ4v) is 3.55. The summed E-state index contributed by atoms with van der Waals surface area (Å²) in [6, 6.07) is 21.1. The zero-order valence-corrected chi connectivity index (χ0v) is 21.0. The number of rotatable bonds is 8. The smallest absolute Gasteiger partial charge is 0.379 e. The number of amides is 2. The Morgan fingerprint density at radius 1 is 0.919 bits per heavy atom. The van der Waals surface area contributed by atoms with Gasteiger partial charge in [0, 0.05) is 26.9 Å². The van der Waals surface area contributed by atoms with Crippen LogP contribution >= 0.6 is 15.9 Å². The minimum Gasteiger partial charge on any atom is -0.497 e. The van der Waals surface area contributed by atoms with E-state index in [4.69, 9.17) is 13.9 Å². The summed E-state index contributed by atoms with van der Waals surface area (Å²) in [6.45, 7) is 0. The Balaban J connectivity index is 1.41. The maximum Gasteiger partial charge on any atom is 0.379 e. The van der Waals surface area contributed by atoms with Gasteiger partial charge in [-0.25, -0.2) is 10.2 Å². The van der Waals surface area contributed by atoms with Crippen molar-refractivity contribution in [3.63, 3.8) is 0 Å². The standard InChI is InChI=1S/C27H20BrN3O6/c1-35-22-10-7-17(8-11-22)25(32)30-21-5-2-4-18(15-21)26(33)31-29-16-19-14-20(28)9-12-23(19)37-27(34)24-6-3-13-36-24/h2-16H,1H3,(H,30,32)(H,31,33). The summed E-state index contributed by atoms with van der Waals surface area (Å²) in [5, 5.41) is 6.74. The van der Waals surface area contributed by atoms with Crippen molar-refractivity contribution in [2.75, 3.05) is 12.4 Å². The monoisotopic (exact) mass is 561 g/mol. The van der Waals surface area contributed by atoms with Crippen LogP contribution in [0.15, 0.2) is 99.1 Å². The molecule has 0 saturated carbocycles. The van der Waals surface area contributed by atoms with Crippen LogP contribution in [0.1, 0.15) is 36.8 Å². The Kier molecular flexibility index (Phi) is 8.11. The normalized spacial score (nSPS) is 10.6. The third kappa shape index (κ3) is 6.71. The largest absolute Gasteiger partial charge is 0.497 e. The number of carbonyl (C=O) groups is 3. The first-order chi connectivity index (χ1) is 17.9. The van der Waals surface area contributed by atoms with E-state index in [1.54, 1.807) is 73.8 Å². The second-order valence-corrected chi connectivity index (χ2v) is 8.43. The maximum absolute atomic E-state index is 12.6. The van der Waals surface area contributed by atoms with Crippen molar-refractivity contribution in [2.45, 2.75) is 0 Å². The molecular weight excluding hydrogens is 542 g/mol. The molecule has 2 amide bonds. The number of carbonyl (C=O) groups excluding carboxylic acids is 3. The van der Waals surface area contributed by atoms with Gasteiger partial charge in [-0.2, -0.15) is 5.10 Å². The predicted octanol–water partition coefficient (Wildman–Crippen LogP) is 5.29. The number of hydrogen-bond donors (Lipinski definition) is 2. The van der Waals surface area contributed by atoms with Crippen LogP contribution < -0.4 is 20.2 Å². The second-order valence-electron chi connectivity index (χ2n) is 7.51. The first-order valence-electron chi connectivity index (χ1n) is 10.9. The fourth-order valence-electron chi connectivity index (χ4n) is 3.17. The van der Waals surface area contributed by atoms with E-state index in [9.17, 15) is 14.4 Å². The predicted molar refractivity (Wildman–Crippen MR) is 140 cm³/mol. The molecule has 4 rings (SSSR count). The molecule has 3 aromatic carbocycles. The highest BCUT2D eigenvalue weighted by molar-refractivity contribution is 9.10. The molecule has 1 aromatic heterocycles. The Hall–Kier alpha value is -4.70. The van der Waals surface area contributed by atoms with Gasteiger partial charge in [0.1, 0.15) is 11.5 Å². The van der Waals surface area contributed by atoms with E-state index >= 15 is 0 Å². The number of nitrogens with zero attached hydrogens (tertiary/aromatic N) is 1. The van der Waals surface area contributed by atoms with E-state index in [-0.39, 0.29) is 23.0 Å². The highest BCUT2D eigenvalue weighted by Crippen LogP contribution is 2.23. The minimum atomic E-state index is -0.667. The number of esters is 1. The van der Waals surface area contributed by atoms with Crippen molar-refractivity contribution < 1.29 is 28.3 Å². The van der Waals surface area contributed by atoms with Gasteiger partial charge >= 0.3 is 5.97 Å². The van der Waals surface area contributed by atoms with Gasteiger partial charge in [-0.15, -0.1) is 0 Å². The Bertz CT molecular complexity index is 1450. The summed E-state index contributed by atoms with van der Waals surface area (Å²) in [5.41, 5.74) is 4.03. The van der Waals surface area contributed by atoms with Gasteiger partial charge in [-0.05, 0) is 72.8 Å². The van der Waals surface area contributed by atoms with Crippen LogP contribution in [0.3, 0.4) is 0 Å². The Morgan fingerprint density at radius 3 is 2.46 bits per heavy atom. The van der Waals surface area contributed by atoms with E-state index in [2.05, 4.69) is 31.8 Å². The topological polar surface area (TPSA) is 119 Å². The number of benzene rings is 3. The van der Waals surface area contributed by atoms with E-state index < -0.39 is 11.9 Å². The molecule has 186 valence electrons. The summed E-state index contributed by atoms with van der Waals surface area (Å²) in [4.78, 5) is 37.4. The number of hydrazone groups is 1. The lowest BCUT2D eigenvalue weighted by Gasteiger charge is -2.08. The molecule has 37 heavy (non-hydrogen) atoms. The van der Waals surface area contributed by atoms with Gasteiger partial charge in [-0.3, -0.25) is 9.59 Å². The molecule has 0 spiro atoms. The van der Waals surface area contributed by atoms with Gasteiger partial charge in [0.2, 0.25) is 5.76 Å². The van der Waals surface area contributed by atoms with Crippen LogP contribution in [0, 0.1) is 0 Å². The molecule has 2 N–H and O–H groups in total. The third-order valence-corrected chi connectivity index (χ3v) is 5.49. The molecule has 0 unspecified atom stereocenters. The molecule has 4 aromatic rings. The lowest BCUT2D eigenvalue weighted by atomic mass is 10.1. The first kappa shape index (κ1) is 25.4. The van der Waals surface area contributed by atoms with Crippen molar-refractivity contribution in [3.8, 4) is 11.5 Å². The first-order valence-corrected chi connectivity index (χ1v) is 11.7. The second kappa shape index (κ2) is 11.8. The molecule has 0 fully saturated rings. The van der Waals surface area contributed by atoms with Crippen molar-refractivity contribution in [2.24, 2.45) is 5.10 Å². The lowest BCUT2D eigenvalue weighted by Crippen LogP contribution is -2.18. The summed E-state index contributed by atoms with van der Waals surface area (Å²) in [7, 11) is 1.55. The molecule has 0 aliphatic carbocycles. The minimum absolute atomic E-state index is 0.0538. The van der Waals surface area contributed by atoms with E-state index in [1.807, 2.05) is 0 Å². The molecule has 9 nitrogen and oxygen atoms in total. The van der Waals surface area contributed by atoms with Crippen LogP contribution in [-0.4, -0.2) is 31.1 Å². The summed E-state index contributed by atoms with van der Waals surface area (Å²) >= 11 is 3.36. The number of halogens is 1. The lowest BCUT2D eigenvalue weighted by molar-refractivity contribution is 0.0700. The van der Waals surface area contributed by atoms with Gasteiger partial charge in [-0.1, -0.05) is 22.0 Å². The number of nitrogens with one attached hydrogen (secondary N) is 2. The summed E-state index contributed by atoms with van der Waals surface area (Å²) < 4.78 is 16.3. The van der Waals surface area contributed by atoms with E-state index in [1.165, 1.54) is 24.6 Å². The molecule has 1 heterocycles. The van der Waals surface area contributed by atoms with Crippen molar-refractivity contribution >= 4 is 45.6 Å². The quantitative estimate of drug-likeness (QED) is 0.131. The van der Waals surface area contributed by atoms with Crippen LogP contribution in [-0.2, 0) is 0 Å². The number of hydrogen-bond acceptors (Lipinski definition) is 7. The molecule has 0 aliphatic heterocycles. The van der Waals surface area contributed by atoms with Crippen LogP contribution in [0.25, 0.3) is 0 Å². The van der Waals surface area contributed by atoms with E-state index in [0.717, 1.165) is 4.47 Å². The maximum atomic E-state index is 12.6. The molecule has 0 saturated heterocycles. The zero-order chi connectivity index (χ0) is 26.2.